The van der Waals surface area contributed by atoms with E-state index >= 15 is 0 Å². The number of carbonyl (C=O) groups excluding carboxylic acids is 1. The van der Waals surface area contributed by atoms with Gasteiger partial charge in [0, 0.05) is 10.9 Å². The molecule has 0 saturated heterocycles. The van der Waals surface area contributed by atoms with Gasteiger partial charge >= 0.3 is 5.97 Å². The predicted molar refractivity (Wildman–Crippen MR) is 83.8 cm³/mol. The van der Waals surface area contributed by atoms with E-state index in [-0.39, 0.29) is 24.9 Å². The van der Waals surface area contributed by atoms with Gasteiger partial charge in [-0.1, -0.05) is 41.9 Å². The highest BCUT2D eigenvalue weighted by atomic mass is 35.5. The molecule has 2 N–H and O–H groups in total. The van der Waals surface area contributed by atoms with Crippen LogP contribution in [-0.4, -0.2) is 32.0 Å². The normalized spacial score (nSPS) is 11.9. The molecule has 122 valence electrons. The zero-order chi connectivity index (χ0) is 16.8. The average molecular weight is 337 g/mol. The summed E-state index contributed by atoms with van der Waals surface area (Å²) in [6.45, 7) is 1.76. The van der Waals surface area contributed by atoms with Gasteiger partial charge in [-0.3, -0.25) is 9.59 Å². The summed E-state index contributed by atoms with van der Waals surface area (Å²) < 4.78 is 1.21. The zero-order valence-corrected chi connectivity index (χ0v) is 13.3. The van der Waals surface area contributed by atoms with E-state index in [1.54, 1.807) is 6.07 Å². The van der Waals surface area contributed by atoms with Gasteiger partial charge in [-0.15, -0.1) is 5.10 Å². The average Bonchev–Trinajstić information content (AvgIpc) is 2.93. The van der Waals surface area contributed by atoms with Gasteiger partial charge in [-0.25, -0.2) is 4.68 Å². The van der Waals surface area contributed by atoms with Crippen LogP contribution in [0.3, 0.4) is 0 Å². The maximum atomic E-state index is 12.1. The van der Waals surface area contributed by atoms with Crippen molar-refractivity contribution in [1.29, 1.82) is 0 Å². The molecule has 0 radical (unpaired) electrons. The van der Waals surface area contributed by atoms with Crippen molar-refractivity contribution in [2.75, 3.05) is 0 Å². The molecule has 1 aromatic heterocycles. The summed E-state index contributed by atoms with van der Waals surface area (Å²) in [6.07, 6.45) is 2.03. The number of carboxylic acid groups (broad SMARTS) is 1. The van der Waals surface area contributed by atoms with Crippen molar-refractivity contribution in [2.24, 2.45) is 5.92 Å². The summed E-state index contributed by atoms with van der Waals surface area (Å²) in [4.78, 5) is 22.7. The van der Waals surface area contributed by atoms with Crippen LogP contribution in [0.15, 0.2) is 30.5 Å². The maximum absolute atomic E-state index is 12.1. The van der Waals surface area contributed by atoms with Crippen LogP contribution in [0, 0.1) is 5.92 Å². The highest BCUT2D eigenvalue weighted by Gasteiger charge is 2.15. The smallest absolute Gasteiger partial charge is 0.325 e. The van der Waals surface area contributed by atoms with Crippen LogP contribution in [-0.2, 0) is 29.1 Å². The summed E-state index contributed by atoms with van der Waals surface area (Å²) in [5.74, 6) is -1.37. The number of aliphatic carboxylic acids is 1. The zero-order valence-electron chi connectivity index (χ0n) is 12.6. The number of halogens is 1. The van der Waals surface area contributed by atoms with E-state index in [0.29, 0.717) is 17.1 Å². The molecule has 0 spiro atoms. The first kappa shape index (κ1) is 17.0. The third kappa shape index (κ3) is 5.07. The lowest BCUT2D eigenvalue weighted by Crippen LogP contribution is -2.30. The van der Waals surface area contributed by atoms with Gasteiger partial charge in [-0.2, -0.15) is 0 Å². The van der Waals surface area contributed by atoms with E-state index in [0.717, 1.165) is 5.56 Å². The molecule has 1 heterocycles. The fourth-order valence-corrected chi connectivity index (χ4v) is 2.29. The largest absolute Gasteiger partial charge is 0.480 e. The van der Waals surface area contributed by atoms with Crippen LogP contribution in [0.25, 0.3) is 0 Å². The first-order valence-electron chi connectivity index (χ1n) is 7.07. The van der Waals surface area contributed by atoms with Crippen molar-refractivity contribution in [1.82, 2.24) is 20.3 Å². The number of hydrogen-bond donors (Lipinski definition) is 2. The lowest BCUT2D eigenvalue weighted by Gasteiger charge is -2.12. The Morgan fingerprint density at radius 3 is 2.83 bits per heavy atom. The maximum Gasteiger partial charge on any atom is 0.325 e. The molecule has 2 aromatic rings. The monoisotopic (exact) mass is 336 g/mol. The fraction of sp³-hybridized carbons (Fsp3) is 0.333. The lowest BCUT2D eigenvalue weighted by atomic mass is 10.0. The summed E-state index contributed by atoms with van der Waals surface area (Å²) in [5.41, 5.74) is 1.42. The second kappa shape index (κ2) is 7.73. The summed E-state index contributed by atoms with van der Waals surface area (Å²) in [6, 6.07) is 7.41. The van der Waals surface area contributed by atoms with Crippen molar-refractivity contribution >= 4 is 23.5 Å². The molecule has 1 unspecified atom stereocenters. The van der Waals surface area contributed by atoms with Crippen molar-refractivity contribution in [2.45, 2.75) is 26.4 Å². The Bertz CT molecular complexity index is 702. The second-order valence-corrected chi connectivity index (χ2v) is 5.62. The molecule has 0 aliphatic carbocycles. The minimum Gasteiger partial charge on any atom is -0.480 e. The molecule has 0 saturated carbocycles. The van der Waals surface area contributed by atoms with Crippen LogP contribution in [0.2, 0.25) is 5.02 Å². The Balaban J connectivity index is 1.85. The molecule has 1 atom stereocenters. The Hall–Kier alpha value is -2.41. The predicted octanol–water partition coefficient (Wildman–Crippen LogP) is 1.51. The highest BCUT2D eigenvalue weighted by molar-refractivity contribution is 6.31. The second-order valence-electron chi connectivity index (χ2n) is 5.22. The molecule has 8 heteroatoms. The quantitative estimate of drug-likeness (QED) is 0.798. The third-order valence-corrected chi connectivity index (χ3v) is 3.63. The van der Waals surface area contributed by atoms with Crippen LogP contribution in [0.4, 0.5) is 0 Å². The molecule has 23 heavy (non-hydrogen) atoms. The molecule has 0 aliphatic heterocycles. The molecule has 1 amide bonds. The van der Waals surface area contributed by atoms with Crippen molar-refractivity contribution in [3.8, 4) is 0 Å². The van der Waals surface area contributed by atoms with Crippen molar-refractivity contribution < 1.29 is 14.7 Å². The Morgan fingerprint density at radius 2 is 2.13 bits per heavy atom. The minimum atomic E-state index is -1.00. The van der Waals surface area contributed by atoms with Crippen LogP contribution >= 0.6 is 11.6 Å². The first-order valence-corrected chi connectivity index (χ1v) is 7.45. The minimum absolute atomic E-state index is 0.127. The lowest BCUT2D eigenvalue weighted by molar-refractivity contribution is -0.138. The summed E-state index contributed by atoms with van der Waals surface area (Å²) in [5, 5.41) is 19.6. The molecule has 0 bridgehead atoms. The Labute approximate surface area is 138 Å². The number of carbonyl (C=O) groups is 2. The van der Waals surface area contributed by atoms with E-state index in [2.05, 4.69) is 15.6 Å². The highest BCUT2D eigenvalue weighted by Crippen LogP contribution is 2.18. The summed E-state index contributed by atoms with van der Waals surface area (Å²) >= 11 is 6.09. The van der Waals surface area contributed by atoms with Gasteiger partial charge in [0.05, 0.1) is 12.7 Å². The van der Waals surface area contributed by atoms with E-state index in [1.807, 2.05) is 25.1 Å². The summed E-state index contributed by atoms with van der Waals surface area (Å²) in [7, 11) is 0. The molecule has 2 rings (SSSR count). The number of rotatable bonds is 7. The number of nitrogens with zero attached hydrogens (tertiary/aromatic N) is 3. The SMILES string of the molecule is CC(Cc1ccccc1Cl)C(=O)NCc1cn(CC(=O)O)nn1. The van der Waals surface area contributed by atoms with Crippen LogP contribution in [0.5, 0.6) is 0 Å². The topological polar surface area (TPSA) is 97.1 Å². The number of nitrogens with one attached hydrogen (secondary N) is 1. The number of benzene rings is 1. The first-order chi connectivity index (χ1) is 11.0. The van der Waals surface area contributed by atoms with Gasteiger partial charge < -0.3 is 10.4 Å². The fourth-order valence-electron chi connectivity index (χ4n) is 2.07. The van der Waals surface area contributed by atoms with E-state index in [9.17, 15) is 9.59 Å². The van der Waals surface area contributed by atoms with Crippen molar-refractivity contribution in [3.05, 3.63) is 46.7 Å². The number of carboxylic acids is 1. The Morgan fingerprint density at radius 1 is 1.39 bits per heavy atom. The van der Waals surface area contributed by atoms with Gasteiger partial charge in [0.25, 0.3) is 0 Å². The van der Waals surface area contributed by atoms with Crippen molar-refractivity contribution in [3.63, 3.8) is 0 Å². The van der Waals surface area contributed by atoms with Gasteiger partial charge in [0.2, 0.25) is 5.91 Å². The standard InChI is InChI=1S/C15H17ClN4O3/c1-10(6-11-4-2-3-5-13(11)16)15(23)17-7-12-8-20(19-18-12)9-14(21)22/h2-5,8,10H,6-7,9H2,1H3,(H,17,23)(H,21,22). The molecular weight excluding hydrogens is 320 g/mol. The van der Waals surface area contributed by atoms with Gasteiger partial charge in [0.15, 0.2) is 0 Å². The van der Waals surface area contributed by atoms with E-state index in [4.69, 9.17) is 16.7 Å². The van der Waals surface area contributed by atoms with E-state index in [1.165, 1.54) is 10.9 Å². The molecule has 7 nitrogen and oxygen atoms in total. The van der Waals surface area contributed by atoms with Crippen LogP contribution < -0.4 is 5.32 Å². The van der Waals surface area contributed by atoms with Gasteiger partial charge in [-0.05, 0) is 18.1 Å². The number of hydrogen-bond acceptors (Lipinski definition) is 4. The molecule has 0 aliphatic rings. The molecular formula is C15H17ClN4O3. The number of amides is 1. The number of aromatic nitrogens is 3. The van der Waals surface area contributed by atoms with E-state index < -0.39 is 5.97 Å². The van der Waals surface area contributed by atoms with Gasteiger partial charge in [0.1, 0.15) is 12.2 Å². The third-order valence-electron chi connectivity index (χ3n) is 3.26. The molecule has 0 fully saturated rings. The molecule has 1 aromatic carbocycles. The van der Waals surface area contributed by atoms with Crippen LogP contribution in [0.1, 0.15) is 18.2 Å². The Kier molecular flexibility index (Phi) is 5.70.